The molecule has 0 heterocycles. The van der Waals surface area contributed by atoms with Gasteiger partial charge in [-0.25, -0.2) is 4.39 Å². The predicted molar refractivity (Wildman–Crippen MR) is 102 cm³/mol. The second-order valence-corrected chi connectivity index (χ2v) is 6.04. The summed E-state index contributed by atoms with van der Waals surface area (Å²) in [6.07, 6.45) is 1.63. The Balaban J connectivity index is 2.14. The van der Waals surface area contributed by atoms with Crippen molar-refractivity contribution < 1.29 is 14.0 Å². The van der Waals surface area contributed by atoms with Gasteiger partial charge >= 0.3 is 0 Å². The third-order valence-electron chi connectivity index (χ3n) is 4.35. The first kappa shape index (κ1) is 19.6. The summed E-state index contributed by atoms with van der Waals surface area (Å²) >= 11 is 0. The number of carbonyl (C=O) groups excluding carboxylic acids is 2. The molecule has 0 spiro atoms. The Kier molecular flexibility index (Phi) is 6.89. The normalized spacial score (nSPS) is 10.5. The monoisotopic (exact) mass is 356 g/mol. The molecule has 26 heavy (non-hydrogen) atoms. The zero-order chi connectivity index (χ0) is 19.1. The number of para-hydroxylation sites is 1. The van der Waals surface area contributed by atoms with E-state index in [-0.39, 0.29) is 18.0 Å². The van der Waals surface area contributed by atoms with E-state index in [9.17, 15) is 14.0 Å². The Labute approximate surface area is 154 Å². The molecule has 2 rings (SSSR count). The van der Waals surface area contributed by atoms with Crippen LogP contribution in [0.5, 0.6) is 0 Å². The Morgan fingerprint density at radius 1 is 1.00 bits per heavy atom. The van der Waals surface area contributed by atoms with Crippen LogP contribution in [0.15, 0.2) is 42.5 Å². The fourth-order valence-electron chi connectivity index (χ4n) is 3.01. The Morgan fingerprint density at radius 2 is 1.62 bits per heavy atom. The number of hydrogen-bond acceptors (Lipinski definition) is 2. The molecule has 0 fully saturated rings. The van der Waals surface area contributed by atoms with Crippen LogP contribution < -0.4 is 10.2 Å². The number of nitrogens with one attached hydrogen (secondary N) is 1. The van der Waals surface area contributed by atoms with Gasteiger partial charge in [-0.2, -0.15) is 0 Å². The van der Waals surface area contributed by atoms with Gasteiger partial charge in [-0.1, -0.05) is 44.2 Å². The van der Waals surface area contributed by atoms with Crippen molar-refractivity contribution in [1.82, 2.24) is 5.32 Å². The molecule has 5 heteroatoms. The summed E-state index contributed by atoms with van der Waals surface area (Å²) in [6.45, 7) is 6.20. The number of benzene rings is 2. The van der Waals surface area contributed by atoms with E-state index < -0.39 is 11.7 Å². The van der Waals surface area contributed by atoms with Crippen LogP contribution in [0.25, 0.3) is 0 Å². The number of carbonyl (C=O) groups is 2. The lowest BCUT2D eigenvalue weighted by Gasteiger charge is -2.26. The zero-order valence-corrected chi connectivity index (χ0v) is 15.5. The Hall–Kier alpha value is -2.69. The van der Waals surface area contributed by atoms with E-state index in [1.807, 2.05) is 18.2 Å². The first-order chi connectivity index (χ1) is 12.5. The smallest absolute Gasteiger partial charge is 0.254 e. The van der Waals surface area contributed by atoms with E-state index in [0.717, 1.165) is 29.7 Å². The van der Waals surface area contributed by atoms with Gasteiger partial charge < -0.3 is 10.2 Å². The van der Waals surface area contributed by atoms with Gasteiger partial charge in [0.2, 0.25) is 5.91 Å². The van der Waals surface area contributed by atoms with Crippen molar-refractivity contribution >= 4 is 17.5 Å². The average Bonchev–Trinajstić information content (AvgIpc) is 2.64. The van der Waals surface area contributed by atoms with Gasteiger partial charge in [0.15, 0.2) is 0 Å². The lowest BCUT2D eigenvalue weighted by atomic mass is 10.0. The van der Waals surface area contributed by atoms with E-state index in [1.165, 1.54) is 25.1 Å². The lowest BCUT2D eigenvalue weighted by Crippen LogP contribution is -2.38. The molecule has 0 bridgehead atoms. The summed E-state index contributed by atoms with van der Waals surface area (Å²) in [7, 11) is 0. The Bertz CT molecular complexity index is 767. The highest BCUT2D eigenvalue weighted by Gasteiger charge is 2.18. The Morgan fingerprint density at radius 3 is 2.15 bits per heavy atom. The van der Waals surface area contributed by atoms with Gasteiger partial charge in [0.1, 0.15) is 5.82 Å². The van der Waals surface area contributed by atoms with Crippen molar-refractivity contribution in [2.75, 3.05) is 18.0 Å². The summed E-state index contributed by atoms with van der Waals surface area (Å²) < 4.78 is 13.7. The highest BCUT2D eigenvalue weighted by molar-refractivity contribution is 5.95. The largest absolute Gasteiger partial charge is 0.350 e. The number of rotatable bonds is 7. The zero-order valence-electron chi connectivity index (χ0n) is 15.5. The molecule has 0 saturated heterocycles. The van der Waals surface area contributed by atoms with E-state index >= 15 is 0 Å². The third-order valence-corrected chi connectivity index (χ3v) is 4.35. The first-order valence-electron chi connectivity index (χ1n) is 8.91. The predicted octanol–water partition coefficient (Wildman–Crippen LogP) is 3.73. The van der Waals surface area contributed by atoms with Crippen LogP contribution in [-0.2, 0) is 17.6 Å². The summed E-state index contributed by atoms with van der Waals surface area (Å²) in [5.74, 6) is -1.12. The molecule has 0 atom stereocenters. The molecule has 1 N–H and O–H groups in total. The average molecular weight is 356 g/mol. The SMILES string of the molecule is CCc1cccc(CC)c1N(CCNC(=O)c1ccccc1F)C(C)=O. The number of amides is 2. The highest BCUT2D eigenvalue weighted by Crippen LogP contribution is 2.27. The maximum absolute atomic E-state index is 13.7. The van der Waals surface area contributed by atoms with Crippen LogP contribution >= 0.6 is 0 Å². The summed E-state index contributed by atoms with van der Waals surface area (Å²) in [4.78, 5) is 26.1. The van der Waals surface area contributed by atoms with Gasteiger partial charge in [0.25, 0.3) is 5.91 Å². The van der Waals surface area contributed by atoms with Gasteiger partial charge in [0, 0.05) is 20.0 Å². The molecule has 0 aliphatic rings. The fraction of sp³-hybridized carbons (Fsp3) is 0.333. The summed E-state index contributed by atoms with van der Waals surface area (Å²) in [5.41, 5.74) is 3.12. The van der Waals surface area contributed by atoms with Gasteiger partial charge in [-0.15, -0.1) is 0 Å². The molecule has 2 amide bonds. The van der Waals surface area contributed by atoms with Crippen molar-refractivity contribution in [3.63, 3.8) is 0 Å². The third kappa shape index (κ3) is 4.48. The topological polar surface area (TPSA) is 49.4 Å². The van der Waals surface area contributed by atoms with Crippen LogP contribution in [0.2, 0.25) is 0 Å². The second kappa shape index (κ2) is 9.13. The minimum atomic E-state index is -0.557. The second-order valence-electron chi connectivity index (χ2n) is 6.04. The molecule has 138 valence electrons. The van der Waals surface area contributed by atoms with E-state index in [1.54, 1.807) is 11.0 Å². The standard InChI is InChI=1S/C21H25FN2O2/c1-4-16-9-8-10-17(5-2)20(16)24(15(3)25)14-13-23-21(26)18-11-6-7-12-19(18)22/h6-12H,4-5,13-14H2,1-3H3,(H,23,26). The van der Waals surface area contributed by atoms with Crippen molar-refractivity contribution in [2.24, 2.45) is 0 Å². The quantitative estimate of drug-likeness (QED) is 0.822. The molecule has 0 aromatic heterocycles. The van der Waals surface area contributed by atoms with Crippen molar-refractivity contribution in [3.05, 3.63) is 65.0 Å². The molecule has 0 aliphatic carbocycles. The molecular weight excluding hydrogens is 331 g/mol. The van der Waals surface area contributed by atoms with E-state index in [2.05, 4.69) is 19.2 Å². The van der Waals surface area contributed by atoms with Gasteiger partial charge in [0.05, 0.1) is 11.3 Å². The maximum Gasteiger partial charge on any atom is 0.254 e. The molecule has 0 radical (unpaired) electrons. The highest BCUT2D eigenvalue weighted by atomic mass is 19.1. The van der Waals surface area contributed by atoms with Crippen LogP contribution in [0.4, 0.5) is 10.1 Å². The minimum absolute atomic E-state index is 0.00470. The van der Waals surface area contributed by atoms with Gasteiger partial charge in [-0.3, -0.25) is 9.59 Å². The van der Waals surface area contributed by atoms with Crippen LogP contribution in [0, 0.1) is 5.82 Å². The lowest BCUT2D eigenvalue weighted by molar-refractivity contribution is -0.116. The molecule has 2 aromatic rings. The fourth-order valence-corrected chi connectivity index (χ4v) is 3.01. The number of nitrogens with zero attached hydrogens (tertiary/aromatic N) is 1. The van der Waals surface area contributed by atoms with Crippen molar-refractivity contribution in [2.45, 2.75) is 33.6 Å². The number of aryl methyl sites for hydroxylation is 2. The molecule has 0 unspecified atom stereocenters. The molecular formula is C21H25FN2O2. The molecule has 4 nitrogen and oxygen atoms in total. The van der Waals surface area contributed by atoms with Crippen LogP contribution in [0.3, 0.4) is 0 Å². The number of hydrogen-bond donors (Lipinski definition) is 1. The first-order valence-corrected chi connectivity index (χ1v) is 8.91. The van der Waals surface area contributed by atoms with E-state index in [0.29, 0.717) is 6.54 Å². The number of anilines is 1. The van der Waals surface area contributed by atoms with Gasteiger partial charge in [-0.05, 0) is 36.1 Å². The van der Waals surface area contributed by atoms with Crippen molar-refractivity contribution in [1.29, 1.82) is 0 Å². The van der Waals surface area contributed by atoms with Crippen molar-refractivity contribution in [3.8, 4) is 0 Å². The number of halogens is 1. The molecule has 0 aliphatic heterocycles. The van der Waals surface area contributed by atoms with E-state index in [4.69, 9.17) is 0 Å². The summed E-state index contributed by atoms with van der Waals surface area (Å²) in [6, 6.07) is 11.9. The maximum atomic E-state index is 13.7. The van der Waals surface area contributed by atoms with Crippen LogP contribution in [0.1, 0.15) is 42.3 Å². The molecule has 2 aromatic carbocycles. The summed E-state index contributed by atoms with van der Waals surface area (Å²) in [5, 5.41) is 2.70. The molecule has 0 saturated carbocycles. The minimum Gasteiger partial charge on any atom is -0.350 e. The van der Waals surface area contributed by atoms with Crippen LogP contribution in [-0.4, -0.2) is 24.9 Å².